The number of fused-ring (bicyclic) bond motifs is 1. The number of nitrogens with one attached hydrogen (secondary N) is 3. The minimum atomic E-state index is -0.644. The highest BCUT2D eigenvalue weighted by Crippen LogP contribution is 2.17. The molecule has 3 N–H and O–H groups in total. The summed E-state index contributed by atoms with van der Waals surface area (Å²) < 4.78 is 0. The van der Waals surface area contributed by atoms with Crippen LogP contribution >= 0.6 is 11.3 Å². The summed E-state index contributed by atoms with van der Waals surface area (Å²) in [4.78, 5) is 33.1. The normalized spacial score (nSPS) is 10.9. The summed E-state index contributed by atoms with van der Waals surface area (Å²) in [5.74, 6) is 0. The van der Waals surface area contributed by atoms with Crippen LogP contribution in [-0.2, 0) is 13.0 Å². The summed E-state index contributed by atoms with van der Waals surface area (Å²) in [6, 6.07) is 5.42. The third kappa shape index (κ3) is 2.87. The van der Waals surface area contributed by atoms with E-state index >= 15 is 0 Å². The fourth-order valence-electron chi connectivity index (χ4n) is 2.01. The van der Waals surface area contributed by atoms with Gasteiger partial charge in [0.1, 0.15) is 0 Å². The zero-order valence-corrected chi connectivity index (χ0v) is 12.2. The van der Waals surface area contributed by atoms with Crippen LogP contribution in [0.15, 0.2) is 34.0 Å². The standard InChI is InChI=1S/C14H14N4O2S/c1-2-12-16-7-9(21-12)6-15-8-3-4-10-11(5-8)18-14(20)13(19)17-10/h3-5,7,15H,2,6H2,1H3,(H,17,19)(H,18,20). The second kappa shape index (κ2) is 5.53. The molecular weight excluding hydrogens is 288 g/mol. The monoisotopic (exact) mass is 302 g/mol. The van der Waals surface area contributed by atoms with Gasteiger partial charge in [-0.3, -0.25) is 9.59 Å². The van der Waals surface area contributed by atoms with Gasteiger partial charge < -0.3 is 15.3 Å². The first-order chi connectivity index (χ1) is 10.2. The van der Waals surface area contributed by atoms with Crippen molar-refractivity contribution in [3.63, 3.8) is 0 Å². The van der Waals surface area contributed by atoms with Gasteiger partial charge in [-0.05, 0) is 24.6 Å². The average Bonchev–Trinajstić information content (AvgIpc) is 2.94. The number of benzene rings is 1. The molecule has 2 aromatic heterocycles. The number of H-pyrrole nitrogens is 2. The Bertz CT molecular complexity index is 894. The Labute approximate surface area is 123 Å². The number of aryl methyl sites for hydroxylation is 1. The van der Waals surface area contributed by atoms with Crippen LogP contribution in [0.4, 0.5) is 5.69 Å². The van der Waals surface area contributed by atoms with Crippen LogP contribution < -0.4 is 16.4 Å². The summed E-state index contributed by atoms with van der Waals surface area (Å²) in [6.07, 6.45) is 2.81. The topological polar surface area (TPSA) is 90.6 Å². The maximum atomic E-state index is 11.3. The van der Waals surface area contributed by atoms with Gasteiger partial charge in [-0.15, -0.1) is 11.3 Å². The van der Waals surface area contributed by atoms with E-state index in [0.29, 0.717) is 17.6 Å². The van der Waals surface area contributed by atoms with Crippen molar-refractivity contribution in [1.82, 2.24) is 15.0 Å². The maximum Gasteiger partial charge on any atom is 0.314 e. The second-order valence-electron chi connectivity index (χ2n) is 4.60. The molecule has 0 fully saturated rings. The molecule has 0 aliphatic heterocycles. The van der Waals surface area contributed by atoms with Crippen molar-refractivity contribution in [2.24, 2.45) is 0 Å². The first-order valence-corrected chi connectivity index (χ1v) is 7.41. The summed E-state index contributed by atoms with van der Waals surface area (Å²) in [5, 5.41) is 4.40. The van der Waals surface area contributed by atoms with Crippen molar-refractivity contribution in [1.29, 1.82) is 0 Å². The zero-order valence-electron chi connectivity index (χ0n) is 11.4. The van der Waals surface area contributed by atoms with Crippen molar-refractivity contribution in [3.8, 4) is 0 Å². The van der Waals surface area contributed by atoms with Crippen molar-refractivity contribution in [2.45, 2.75) is 19.9 Å². The summed E-state index contributed by atoms with van der Waals surface area (Å²) in [5.41, 5.74) is 0.797. The predicted molar refractivity (Wildman–Crippen MR) is 84.0 cm³/mol. The number of anilines is 1. The Morgan fingerprint density at radius 3 is 2.67 bits per heavy atom. The molecule has 6 nitrogen and oxygen atoms in total. The van der Waals surface area contributed by atoms with Crippen LogP contribution in [0, 0.1) is 0 Å². The first kappa shape index (κ1) is 13.6. The van der Waals surface area contributed by atoms with Crippen molar-refractivity contribution in [3.05, 3.63) is 55.0 Å². The minimum Gasteiger partial charge on any atom is -0.380 e. The van der Waals surface area contributed by atoms with Gasteiger partial charge >= 0.3 is 11.1 Å². The molecule has 0 aliphatic rings. The molecule has 3 rings (SSSR count). The highest BCUT2D eigenvalue weighted by atomic mass is 32.1. The summed E-state index contributed by atoms with van der Waals surface area (Å²) >= 11 is 1.68. The van der Waals surface area contributed by atoms with Gasteiger partial charge in [0.25, 0.3) is 0 Å². The smallest absolute Gasteiger partial charge is 0.314 e. The van der Waals surface area contributed by atoms with Crippen LogP contribution in [0.2, 0.25) is 0 Å². The molecule has 2 heterocycles. The van der Waals surface area contributed by atoms with Crippen molar-refractivity contribution in [2.75, 3.05) is 5.32 Å². The molecule has 0 unspecified atom stereocenters. The molecule has 21 heavy (non-hydrogen) atoms. The number of aromatic amines is 2. The lowest BCUT2D eigenvalue weighted by Crippen LogP contribution is -2.28. The maximum absolute atomic E-state index is 11.3. The van der Waals surface area contributed by atoms with Gasteiger partial charge in [0.2, 0.25) is 0 Å². The van der Waals surface area contributed by atoms with Gasteiger partial charge in [0.15, 0.2) is 0 Å². The van der Waals surface area contributed by atoms with Crippen LogP contribution in [0.3, 0.4) is 0 Å². The predicted octanol–water partition coefficient (Wildman–Crippen LogP) is 1.85. The van der Waals surface area contributed by atoms with E-state index < -0.39 is 11.1 Å². The molecule has 1 aromatic carbocycles. The lowest BCUT2D eigenvalue weighted by molar-refractivity contribution is 1.09. The lowest BCUT2D eigenvalue weighted by Gasteiger charge is -2.05. The van der Waals surface area contributed by atoms with Gasteiger partial charge in [0, 0.05) is 16.8 Å². The third-order valence-electron chi connectivity index (χ3n) is 3.09. The number of rotatable bonds is 4. The van der Waals surface area contributed by atoms with E-state index in [1.807, 2.05) is 12.3 Å². The SMILES string of the molecule is CCc1ncc(CNc2ccc3[nH]c(=O)c(=O)[nH]c3c2)s1. The molecule has 0 amide bonds. The van der Waals surface area contributed by atoms with Crippen molar-refractivity contribution >= 4 is 28.1 Å². The molecule has 7 heteroatoms. The van der Waals surface area contributed by atoms with Gasteiger partial charge in [-0.25, -0.2) is 4.98 Å². The van der Waals surface area contributed by atoms with E-state index in [2.05, 4.69) is 27.2 Å². The van der Waals surface area contributed by atoms with Crippen LogP contribution in [0.5, 0.6) is 0 Å². The molecule has 0 atom stereocenters. The second-order valence-corrected chi connectivity index (χ2v) is 5.80. The highest BCUT2D eigenvalue weighted by Gasteiger charge is 2.03. The molecular formula is C14H14N4O2S. The van der Waals surface area contributed by atoms with E-state index in [-0.39, 0.29) is 0 Å². The Morgan fingerprint density at radius 2 is 1.95 bits per heavy atom. The number of hydrogen-bond acceptors (Lipinski definition) is 5. The van der Waals surface area contributed by atoms with E-state index in [4.69, 9.17) is 0 Å². The van der Waals surface area contributed by atoms with Gasteiger partial charge in [-0.1, -0.05) is 6.92 Å². The van der Waals surface area contributed by atoms with Crippen molar-refractivity contribution < 1.29 is 0 Å². The number of hydrogen-bond donors (Lipinski definition) is 3. The van der Waals surface area contributed by atoms with Crippen LogP contribution in [0.1, 0.15) is 16.8 Å². The number of thiazole rings is 1. The molecule has 0 saturated heterocycles. The van der Waals surface area contributed by atoms with Crippen LogP contribution in [-0.4, -0.2) is 15.0 Å². The van der Waals surface area contributed by atoms with E-state index in [1.54, 1.807) is 23.5 Å². The van der Waals surface area contributed by atoms with E-state index in [0.717, 1.165) is 22.0 Å². The highest BCUT2D eigenvalue weighted by molar-refractivity contribution is 7.11. The number of aromatic nitrogens is 3. The Kier molecular flexibility index (Phi) is 3.57. The largest absolute Gasteiger partial charge is 0.380 e. The molecule has 0 bridgehead atoms. The quantitative estimate of drug-likeness (QED) is 0.641. The minimum absolute atomic E-state index is 0.600. The van der Waals surface area contributed by atoms with Crippen LogP contribution in [0.25, 0.3) is 11.0 Å². The molecule has 0 radical (unpaired) electrons. The molecule has 108 valence electrons. The number of nitrogens with zero attached hydrogens (tertiary/aromatic N) is 1. The Balaban J connectivity index is 1.82. The van der Waals surface area contributed by atoms with Gasteiger partial charge in [-0.2, -0.15) is 0 Å². The zero-order chi connectivity index (χ0) is 14.8. The average molecular weight is 302 g/mol. The fraction of sp³-hybridized carbons (Fsp3) is 0.214. The van der Waals surface area contributed by atoms with E-state index in [9.17, 15) is 9.59 Å². The van der Waals surface area contributed by atoms with Gasteiger partial charge in [0.05, 0.1) is 22.6 Å². The lowest BCUT2D eigenvalue weighted by atomic mass is 10.2. The Morgan fingerprint density at radius 1 is 1.19 bits per heavy atom. The molecule has 0 spiro atoms. The van der Waals surface area contributed by atoms with E-state index in [1.165, 1.54) is 0 Å². The summed E-state index contributed by atoms with van der Waals surface area (Å²) in [7, 11) is 0. The molecule has 0 aliphatic carbocycles. The fourth-order valence-corrected chi connectivity index (χ4v) is 2.81. The third-order valence-corrected chi connectivity index (χ3v) is 4.23. The summed E-state index contributed by atoms with van der Waals surface area (Å²) in [6.45, 7) is 2.76. The first-order valence-electron chi connectivity index (χ1n) is 6.59. The molecule has 3 aromatic rings. The molecule has 0 saturated carbocycles. The Hall–Kier alpha value is -2.41.